The van der Waals surface area contributed by atoms with Gasteiger partial charge in [0.1, 0.15) is 5.82 Å². The van der Waals surface area contributed by atoms with Gasteiger partial charge in [-0.25, -0.2) is 4.68 Å². The first kappa shape index (κ1) is 14.5. The molecule has 118 valence electrons. The summed E-state index contributed by atoms with van der Waals surface area (Å²) in [6.45, 7) is 1.62. The molecule has 1 saturated heterocycles. The summed E-state index contributed by atoms with van der Waals surface area (Å²) in [4.78, 5) is 0. The summed E-state index contributed by atoms with van der Waals surface area (Å²) in [5.74, 6) is 1.04. The van der Waals surface area contributed by atoms with E-state index in [-0.39, 0.29) is 0 Å². The fourth-order valence-corrected chi connectivity index (χ4v) is 3.10. The Morgan fingerprint density at radius 2 is 1.78 bits per heavy atom. The van der Waals surface area contributed by atoms with E-state index in [9.17, 15) is 0 Å². The molecule has 2 aromatic carbocycles. The molecule has 0 saturated carbocycles. The number of rotatable bonds is 3. The summed E-state index contributed by atoms with van der Waals surface area (Å²) >= 11 is 6.01. The monoisotopic (exact) mass is 327 g/mol. The van der Waals surface area contributed by atoms with Crippen molar-refractivity contribution >= 4 is 28.3 Å². The average Bonchev–Trinajstić information content (AvgIpc) is 2.95. The van der Waals surface area contributed by atoms with Crippen LogP contribution in [0.5, 0.6) is 0 Å². The second-order valence-corrected chi connectivity index (χ2v) is 6.22. The molecule has 4 rings (SSSR count). The molecule has 2 heterocycles. The highest BCUT2D eigenvalue weighted by atomic mass is 35.5. The second-order valence-electron chi connectivity index (χ2n) is 5.78. The van der Waals surface area contributed by atoms with Crippen LogP contribution < -0.4 is 5.32 Å². The molecule has 1 aliphatic heterocycles. The van der Waals surface area contributed by atoms with Gasteiger partial charge in [-0.3, -0.25) is 0 Å². The molecule has 0 unspecified atom stereocenters. The minimum atomic E-state index is 0.412. The minimum Gasteiger partial charge on any atom is -0.381 e. The van der Waals surface area contributed by atoms with Crippen molar-refractivity contribution in [3.8, 4) is 5.69 Å². The Morgan fingerprint density at radius 1 is 1.04 bits per heavy atom. The maximum Gasteiger partial charge on any atom is 0.137 e. The number of ether oxygens (including phenoxy) is 1. The van der Waals surface area contributed by atoms with Crippen molar-refractivity contribution in [1.82, 2.24) is 9.78 Å². The van der Waals surface area contributed by atoms with E-state index in [1.165, 1.54) is 0 Å². The lowest BCUT2D eigenvalue weighted by atomic mass is 10.1. The molecule has 0 atom stereocenters. The van der Waals surface area contributed by atoms with Crippen LogP contribution in [0.15, 0.2) is 48.5 Å². The average molecular weight is 328 g/mol. The van der Waals surface area contributed by atoms with Gasteiger partial charge in [-0.15, -0.1) is 0 Å². The van der Waals surface area contributed by atoms with E-state index in [0.29, 0.717) is 6.04 Å². The summed E-state index contributed by atoms with van der Waals surface area (Å²) in [6.07, 6.45) is 2.03. The number of fused-ring (bicyclic) bond motifs is 1. The van der Waals surface area contributed by atoms with Crippen molar-refractivity contribution < 1.29 is 4.74 Å². The van der Waals surface area contributed by atoms with E-state index in [0.717, 1.165) is 53.5 Å². The fourth-order valence-electron chi connectivity index (χ4n) is 2.98. The highest BCUT2D eigenvalue weighted by Crippen LogP contribution is 2.28. The molecular formula is C18H18ClN3O. The van der Waals surface area contributed by atoms with Crippen LogP contribution in [0.4, 0.5) is 5.82 Å². The standard InChI is InChI=1S/C18H18ClN3O/c19-13-5-7-15(8-6-13)22-18(20-14-9-11-23-12-10-14)16-3-1-2-4-17(16)21-22/h1-8,14,20H,9-12H2. The molecule has 3 aromatic rings. The quantitative estimate of drug-likeness (QED) is 0.780. The topological polar surface area (TPSA) is 39.1 Å². The van der Waals surface area contributed by atoms with Gasteiger partial charge in [0.05, 0.1) is 11.2 Å². The lowest BCUT2D eigenvalue weighted by molar-refractivity contribution is 0.0903. The number of hydrogen-bond acceptors (Lipinski definition) is 3. The van der Waals surface area contributed by atoms with E-state index in [1.807, 2.05) is 47.1 Å². The maximum absolute atomic E-state index is 6.01. The molecule has 0 amide bonds. The van der Waals surface area contributed by atoms with Gasteiger partial charge in [0.2, 0.25) is 0 Å². The molecule has 1 N–H and O–H groups in total. The Bertz CT molecular complexity index is 807. The van der Waals surface area contributed by atoms with Crippen LogP contribution in [-0.4, -0.2) is 29.0 Å². The Balaban J connectivity index is 1.79. The van der Waals surface area contributed by atoms with Crippen molar-refractivity contribution in [2.75, 3.05) is 18.5 Å². The van der Waals surface area contributed by atoms with Crippen LogP contribution in [0.2, 0.25) is 5.02 Å². The van der Waals surface area contributed by atoms with Gasteiger partial charge in [-0.2, -0.15) is 5.10 Å². The first-order valence-electron chi connectivity index (χ1n) is 7.89. The van der Waals surface area contributed by atoms with Crippen molar-refractivity contribution in [2.24, 2.45) is 0 Å². The van der Waals surface area contributed by atoms with E-state index in [2.05, 4.69) is 11.4 Å². The summed E-state index contributed by atoms with van der Waals surface area (Å²) in [7, 11) is 0. The largest absolute Gasteiger partial charge is 0.381 e. The number of benzene rings is 2. The number of nitrogens with zero attached hydrogens (tertiary/aromatic N) is 2. The zero-order chi connectivity index (χ0) is 15.6. The summed E-state index contributed by atoms with van der Waals surface area (Å²) in [6, 6.07) is 16.4. The summed E-state index contributed by atoms with van der Waals surface area (Å²) in [5.41, 5.74) is 1.98. The van der Waals surface area contributed by atoms with Gasteiger partial charge in [0.15, 0.2) is 0 Å². The van der Waals surface area contributed by atoms with E-state index < -0.39 is 0 Å². The van der Waals surface area contributed by atoms with Crippen LogP contribution >= 0.6 is 11.6 Å². The second kappa shape index (κ2) is 6.22. The molecule has 4 nitrogen and oxygen atoms in total. The number of nitrogens with one attached hydrogen (secondary N) is 1. The summed E-state index contributed by atoms with van der Waals surface area (Å²) < 4.78 is 7.43. The van der Waals surface area contributed by atoms with Crippen LogP contribution in [0.3, 0.4) is 0 Å². The zero-order valence-corrected chi connectivity index (χ0v) is 13.5. The number of aromatic nitrogens is 2. The molecule has 1 aromatic heterocycles. The molecule has 0 bridgehead atoms. The highest BCUT2D eigenvalue weighted by Gasteiger charge is 2.18. The van der Waals surface area contributed by atoms with Gasteiger partial charge in [-0.1, -0.05) is 23.7 Å². The Kier molecular flexibility index (Phi) is 3.93. The molecular weight excluding hydrogens is 310 g/mol. The van der Waals surface area contributed by atoms with Crippen molar-refractivity contribution in [2.45, 2.75) is 18.9 Å². The smallest absolute Gasteiger partial charge is 0.137 e. The molecule has 1 aliphatic rings. The number of hydrogen-bond donors (Lipinski definition) is 1. The fraction of sp³-hybridized carbons (Fsp3) is 0.278. The van der Waals surface area contributed by atoms with Crippen LogP contribution in [-0.2, 0) is 4.74 Å². The van der Waals surface area contributed by atoms with Gasteiger partial charge in [-0.05, 0) is 49.2 Å². The third-order valence-corrected chi connectivity index (χ3v) is 4.46. The van der Waals surface area contributed by atoms with Crippen molar-refractivity contribution in [1.29, 1.82) is 0 Å². The first-order chi connectivity index (χ1) is 11.3. The highest BCUT2D eigenvalue weighted by molar-refractivity contribution is 6.30. The SMILES string of the molecule is Clc1ccc(-n2nc3ccccc3c2NC2CCOCC2)cc1. The molecule has 0 spiro atoms. The van der Waals surface area contributed by atoms with Gasteiger partial charge >= 0.3 is 0 Å². The lowest BCUT2D eigenvalue weighted by Gasteiger charge is -2.24. The Hall–Kier alpha value is -2.04. The lowest BCUT2D eigenvalue weighted by Crippen LogP contribution is -2.28. The third kappa shape index (κ3) is 2.92. The van der Waals surface area contributed by atoms with Crippen molar-refractivity contribution in [3.63, 3.8) is 0 Å². The minimum absolute atomic E-state index is 0.412. The van der Waals surface area contributed by atoms with Gasteiger partial charge < -0.3 is 10.1 Å². The molecule has 0 aliphatic carbocycles. The van der Waals surface area contributed by atoms with Crippen LogP contribution in [0.1, 0.15) is 12.8 Å². The number of anilines is 1. The van der Waals surface area contributed by atoms with Gasteiger partial charge in [0, 0.05) is 29.7 Å². The summed E-state index contributed by atoms with van der Waals surface area (Å²) in [5, 5.41) is 10.3. The molecule has 5 heteroatoms. The normalized spacial score (nSPS) is 15.9. The van der Waals surface area contributed by atoms with Crippen LogP contribution in [0, 0.1) is 0 Å². The third-order valence-electron chi connectivity index (χ3n) is 4.21. The van der Waals surface area contributed by atoms with Gasteiger partial charge in [0.25, 0.3) is 0 Å². The Morgan fingerprint density at radius 3 is 2.57 bits per heavy atom. The Labute approximate surface area is 140 Å². The van der Waals surface area contributed by atoms with E-state index in [4.69, 9.17) is 21.4 Å². The number of halogens is 1. The predicted octanol–water partition coefficient (Wildman–Crippen LogP) is 4.27. The predicted molar refractivity (Wildman–Crippen MR) is 93.5 cm³/mol. The molecule has 23 heavy (non-hydrogen) atoms. The zero-order valence-electron chi connectivity index (χ0n) is 12.7. The molecule has 1 fully saturated rings. The first-order valence-corrected chi connectivity index (χ1v) is 8.27. The molecule has 0 radical (unpaired) electrons. The maximum atomic E-state index is 6.01. The van der Waals surface area contributed by atoms with E-state index >= 15 is 0 Å². The van der Waals surface area contributed by atoms with Crippen molar-refractivity contribution in [3.05, 3.63) is 53.6 Å². The van der Waals surface area contributed by atoms with E-state index in [1.54, 1.807) is 0 Å². The van der Waals surface area contributed by atoms with Crippen LogP contribution in [0.25, 0.3) is 16.6 Å².